The van der Waals surface area contributed by atoms with Gasteiger partial charge in [0.05, 0.1) is 6.61 Å². The van der Waals surface area contributed by atoms with E-state index in [-0.39, 0.29) is 11.9 Å². The summed E-state index contributed by atoms with van der Waals surface area (Å²) in [5.74, 6) is -0.157. The lowest BCUT2D eigenvalue weighted by Gasteiger charge is -2.09. The number of rotatable bonds is 6. The van der Waals surface area contributed by atoms with Crippen molar-refractivity contribution in [3.05, 3.63) is 24.0 Å². The van der Waals surface area contributed by atoms with Crippen LogP contribution in [0.5, 0.6) is 0 Å². The van der Waals surface area contributed by atoms with Gasteiger partial charge in [0, 0.05) is 31.6 Å². The highest BCUT2D eigenvalue weighted by Gasteiger charge is 2.08. The van der Waals surface area contributed by atoms with Crippen LogP contribution in [-0.4, -0.2) is 37.2 Å². The van der Waals surface area contributed by atoms with Gasteiger partial charge in [0.2, 0.25) is 0 Å². The molecule has 2 N–H and O–H groups in total. The van der Waals surface area contributed by atoms with Crippen molar-refractivity contribution in [3.8, 4) is 0 Å². The third-order valence-electron chi connectivity index (χ3n) is 2.05. The molecule has 0 aliphatic rings. The highest BCUT2D eigenvalue weighted by molar-refractivity contribution is 5.93. The summed E-state index contributed by atoms with van der Waals surface area (Å²) in [6.07, 6.45) is 1.62. The van der Waals surface area contributed by atoms with Gasteiger partial charge >= 0.3 is 0 Å². The van der Waals surface area contributed by atoms with Crippen LogP contribution in [-0.2, 0) is 4.74 Å². The minimum Gasteiger partial charge on any atom is -0.383 e. The highest BCUT2D eigenvalue weighted by atomic mass is 16.5. The normalized spacial score (nSPS) is 10.4. The predicted molar refractivity (Wildman–Crippen MR) is 67.2 cm³/mol. The van der Waals surface area contributed by atoms with Crippen molar-refractivity contribution >= 4 is 11.6 Å². The summed E-state index contributed by atoms with van der Waals surface area (Å²) in [6.45, 7) is 5.15. The first kappa shape index (κ1) is 13.4. The fourth-order valence-corrected chi connectivity index (χ4v) is 1.30. The quantitative estimate of drug-likeness (QED) is 0.732. The summed E-state index contributed by atoms with van der Waals surface area (Å²) < 4.78 is 4.94. The molecule has 1 aromatic heterocycles. The number of amides is 1. The van der Waals surface area contributed by atoms with E-state index < -0.39 is 0 Å². The van der Waals surface area contributed by atoms with Gasteiger partial charge in [0.25, 0.3) is 5.91 Å². The molecule has 0 atom stereocenters. The minimum absolute atomic E-state index is 0.106. The summed E-state index contributed by atoms with van der Waals surface area (Å²) >= 11 is 0. The first-order valence-electron chi connectivity index (χ1n) is 5.63. The number of nitrogens with zero attached hydrogens (tertiary/aromatic N) is 1. The molecule has 5 nitrogen and oxygen atoms in total. The zero-order valence-corrected chi connectivity index (χ0v) is 10.5. The predicted octanol–water partition coefficient (Wildman–Crippen LogP) is 1.28. The molecule has 17 heavy (non-hydrogen) atoms. The molecule has 0 saturated carbocycles. The van der Waals surface area contributed by atoms with Crippen LogP contribution in [0, 0.1) is 0 Å². The molecule has 0 aliphatic heterocycles. The molecular weight excluding hydrogens is 218 g/mol. The zero-order chi connectivity index (χ0) is 12.7. The lowest BCUT2D eigenvalue weighted by atomic mass is 10.3. The van der Waals surface area contributed by atoms with Crippen molar-refractivity contribution in [2.75, 3.05) is 25.6 Å². The summed E-state index contributed by atoms with van der Waals surface area (Å²) in [7, 11) is 1.65. The molecule has 0 bridgehead atoms. The summed E-state index contributed by atoms with van der Waals surface area (Å²) in [6, 6.07) is 3.66. The third-order valence-corrected chi connectivity index (χ3v) is 2.05. The fourth-order valence-electron chi connectivity index (χ4n) is 1.30. The van der Waals surface area contributed by atoms with E-state index in [1.807, 2.05) is 19.9 Å². The molecule has 5 heteroatoms. The van der Waals surface area contributed by atoms with Crippen LogP contribution >= 0.6 is 0 Å². The van der Waals surface area contributed by atoms with E-state index in [0.717, 1.165) is 5.69 Å². The standard InChI is InChI=1S/C12H19N3O2/c1-9(2)15-12(16)11-8-10(4-5-14-11)13-6-7-17-3/h4-5,8-9H,6-7H2,1-3H3,(H,13,14)(H,15,16). The maximum Gasteiger partial charge on any atom is 0.270 e. The molecule has 1 amide bonds. The number of carbonyl (C=O) groups excluding carboxylic acids is 1. The van der Waals surface area contributed by atoms with Gasteiger partial charge in [-0.05, 0) is 26.0 Å². The van der Waals surface area contributed by atoms with E-state index in [0.29, 0.717) is 18.8 Å². The first-order valence-corrected chi connectivity index (χ1v) is 5.63. The highest BCUT2D eigenvalue weighted by Crippen LogP contribution is 2.07. The van der Waals surface area contributed by atoms with Crippen molar-refractivity contribution < 1.29 is 9.53 Å². The Morgan fingerprint density at radius 2 is 2.29 bits per heavy atom. The van der Waals surface area contributed by atoms with E-state index in [2.05, 4.69) is 15.6 Å². The summed E-state index contributed by atoms with van der Waals surface area (Å²) in [5.41, 5.74) is 1.28. The van der Waals surface area contributed by atoms with Crippen molar-refractivity contribution in [2.45, 2.75) is 19.9 Å². The molecule has 0 radical (unpaired) electrons. The van der Waals surface area contributed by atoms with Crippen LogP contribution in [0.25, 0.3) is 0 Å². The van der Waals surface area contributed by atoms with Crippen LogP contribution in [0.1, 0.15) is 24.3 Å². The van der Waals surface area contributed by atoms with E-state index in [1.54, 1.807) is 19.4 Å². The molecule has 0 aliphatic carbocycles. The second kappa shape index (κ2) is 6.85. The Kier molecular flexibility index (Phi) is 5.42. The molecule has 1 heterocycles. The molecule has 0 saturated heterocycles. The van der Waals surface area contributed by atoms with Crippen LogP contribution in [0.2, 0.25) is 0 Å². The Bertz CT molecular complexity index is 367. The second-order valence-corrected chi connectivity index (χ2v) is 3.98. The Balaban J connectivity index is 2.61. The SMILES string of the molecule is COCCNc1ccnc(C(=O)NC(C)C)c1. The van der Waals surface area contributed by atoms with Gasteiger partial charge in [-0.3, -0.25) is 9.78 Å². The molecule has 1 aromatic rings. The Labute approximate surface area is 102 Å². The van der Waals surface area contributed by atoms with Crippen LogP contribution in [0.4, 0.5) is 5.69 Å². The Hall–Kier alpha value is -1.62. The summed E-state index contributed by atoms with van der Waals surface area (Å²) in [5, 5.41) is 5.95. The van der Waals surface area contributed by atoms with E-state index in [1.165, 1.54) is 0 Å². The molecule has 0 aromatic carbocycles. The molecule has 0 unspecified atom stereocenters. The van der Waals surface area contributed by atoms with Gasteiger partial charge in [0.1, 0.15) is 5.69 Å². The van der Waals surface area contributed by atoms with Crippen molar-refractivity contribution in [3.63, 3.8) is 0 Å². The van der Waals surface area contributed by atoms with E-state index in [9.17, 15) is 4.79 Å². The molecule has 1 rings (SSSR count). The maximum atomic E-state index is 11.7. The van der Waals surface area contributed by atoms with E-state index >= 15 is 0 Å². The number of anilines is 1. The number of hydrogen-bond acceptors (Lipinski definition) is 4. The molecule has 0 spiro atoms. The Morgan fingerprint density at radius 1 is 1.53 bits per heavy atom. The van der Waals surface area contributed by atoms with Gasteiger partial charge in [-0.25, -0.2) is 0 Å². The number of aromatic nitrogens is 1. The minimum atomic E-state index is -0.157. The maximum absolute atomic E-state index is 11.7. The van der Waals surface area contributed by atoms with Gasteiger partial charge in [0.15, 0.2) is 0 Å². The number of carbonyl (C=O) groups is 1. The van der Waals surface area contributed by atoms with Crippen LogP contribution in [0.3, 0.4) is 0 Å². The zero-order valence-electron chi connectivity index (χ0n) is 10.5. The average molecular weight is 237 g/mol. The van der Waals surface area contributed by atoms with E-state index in [4.69, 9.17) is 4.74 Å². The van der Waals surface area contributed by atoms with Gasteiger partial charge < -0.3 is 15.4 Å². The van der Waals surface area contributed by atoms with Crippen molar-refractivity contribution in [2.24, 2.45) is 0 Å². The van der Waals surface area contributed by atoms with Crippen LogP contribution in [0.15, 0.2) is 18.3 Å². The number of methoxy groups -OCH3 is 1. The number of pyridine rings is 1. The van der Waals surface area contributed by atoms with Gasteiger partial charge in [-0.15, -0.1) is 0 Å². The lowest BCUT2D eigenvalue weighted by Crippen LogP contribution is -2.30. The third kappa shape index (κ3) is 4.82. The average Bonchev–Trinajstić information content (AvgIpc) is 2.29. The van der Waals surface area contributed by atoms with Gasteiger partial charge in [-0.1, -0.05) is 0 Å². The second-order valence-electron chi connectivity index (χ2n) is 3.98. The van der Waals surface area contributed by atoms with Crippen LogP contribution < -0.4 is 10.6 Å². The number of hydrogen-bond donors (Lipinski definition) is 2. The van der Waals surface area contributed by atoms with Crippen molar-refractivity contribution in [1.29, 1.82) is 0 Å². The number of ether oxygens (including phenoxy) is 1. The molecule has 94 valence electrons. The molecule has 0 fully saturated rings. The topological polar surface area (TPSA) is 63.2 Å². The smallest absolute Gasteiger partial charge is 0.270 e. The van der Waals surface area contributed by atoms with Gasteiger partial charge in [-0.2, -0.15) is 0 Å². The fraction of sp³-hybridized carbons (Fsp3) is 0.500. The van der Waals surface area contributed by atoms with Crippen molar-refractivity contribution in [1.82, 2.24) is 10.3 Å². The summed E-state index contributed by atoms with van der Waals surface area (Å²) in [4.78, 5) is 15.7. The lowest BCUT2D eigenvalue weighted by molar-refractivity contribution is 0.0938. The molecular formula is C12H19N3O2. The monoisotopic (exact) mass is 237 g/mol. The Morgan fingerprint density at radius 3 is 2.94 bits per heavy atom. The number of nitrogens with one attached hydrogen (secondary N) is 2. The largest absolute Gasteiger partial charge is 0.383 e. The first-order chi connectivity index (χ1) is 8.13.